The Balaban J connectivity index is 2.21. The van der Waals surface area contributed by atoms with E-state index in [2.05, 4.69) is 18.8 Å². The maximum absolute atomic E-state index is 12.6. The van der Waals surface area contributed by atoms with Crippen molar-refractivity contribution >= 4 is 10.9 Å². The smallest absolute Gasteiger partial charge is 0.307 e. The fraction of sp³-hybridized carbons (Fsp3) is 0.500. The third kappa shape index (κ3) is 1.99. The average Bonchev–Trinajstić information content (AvgIpc) is 2.43. The van der Waals surface area contributed by atoms with Gasteiger partial charge in [-0.05, 0) is 30.4 Å². The molecule has 0 bridgehead atoms. The van der Waals surface area contributed by atoms with Crippen LogP contribution in [0.2, 0.25) is 0 Å². The van der Waals surface area contributed by atoms with E-state index in [9.17, 15) is 9.59 Å². The van der Waals surface area contributed by atoms with Gasteiger partial charge in [-0.25, -0.2) is 4.79 Å². The summed E-state index contributed by atoms with van der Waals surface area (Å²) in [6, 6.07) is 7.22. The lowest BCUT2D eigenvalue weighted by atomic mass is 9.78. The molecule has 3 atom stereocenters. The van der Waals surface area contributed by atoms with Crippen LogP contribution in [0, 0.1) is 11.8 Å². The summed E-state index contributed by atoms with van der Waals surface area (Å²) >= 11 is 0. The number of hydrogen-bond donors (Lipinski definition) is 1. The quantitative estimate of drug-likeness (QED) is 0.867. The van der Waals surface area contributed by atoms with E-state index < -0.39 is 0 Å². The molecule has 1 aliphatic rings. The van der Waals surface area contributed by atoms with Gasteiger partial charge in [-0.1, -0.05) is 38.8 Å². The highest BCUT2D eigenvalue weighted by Gasteiger charge is 2.30. The lowest BCUT2D eigenvalue weighted by Gasteiger charge is -2.34. The predicted molar refractivity (Wildman–Crippen MR) is 80.0 cm³/mol. The minimum absolute atomic E-state index is 0.0135. The molecule has 1 aromatic carbocycles. The molecule has 4 nitrogen and oxygen atoms in total. The topological polar surface area (TPSA) is 54.9 Å². The standard InChI is InChI=1S/C16H20N2O2/c1-10-6-5-9-14(11(10)2)18-15(19)12-7-3-4-8-13(12)17-16(18)20/h3-4,7-8,10-11,14H,5-6,9H2,1-2H3,(H,17,20). The van der Waals surface area contributed by atoms with Crippen molar-refractivity contribution in [3.05, 3.63) is 45.1 Å². The zero-order chi connectivity index (χ0) is 14.3. The molecule has 20 heavy (non-hydrogen) atoms. The van der Waals surface area contributed by atoms with E-state index in [1.807, 2.05) is 12.1 Å². The summed E-state index contributed by atoms with van der Waals surface area (Å²) in [5, 5.41) is 0.595. The van der Waals surface area contributed by atoms with Crippen molar-refractivity contribution in [3.8, 4) is 0 Å². The van der Waals surface area contributed by atoms with Gasteiger partial charge in [0.05, 0.1) is 10.9 Å². The Bertz CT molecular complexity index is 744. The number of fused-ring (bicyclic) bond motifs is 1. The Morgan fingerprint density at radius 1 is 1.15 bits per heavy atom. The molecule has 0 saturated heterocycles. The van der Waals surface area contributed by atoms with Crippen LogP contribution in [0.5, 0.6) is 0 Å². The Hall–Kier alpha value is -1.84. The molecule has 1 saturated carbocycles. The molecule has 1 N–H and O–H groups in total. The van der Waals surface area contributed by atoms with Crippen LogP contribution in [0.1, 0.15) is 39.2 Å². The third-order valence-electron chi connectivity index (χ3n) is 4.83. The second kappa shape index (κ2) is 4.93. The van der Waals surface area contributed by atoms with Crippen LogP contribution in [-0.4, -0.2) is 9.55 Å². The van der Waals surface area contributed by atoms with Crippen molar-refractivity contribution in [2.24, 2.45) is 11.8 Å². The van der Waals surface area contributed by atoms with Crippen molar-refractivity contribution in [1.29, 1.82) is 0 Å². The first-order valence-electron chi connectivity index (χ1n) is 7.33. The van der Waals surface area contributed by atoms with Gasteiger partial charge in [-0.3, -0.25) is 9.36 Å². The van der Waals surface area contributed by atoms with Crippen LogP contribution in [0.15, 0.2) is 33.9 Å². The zero-order valence-corrected chi connectivity index (χ0v) is 11.9. The zero-order valence-electron chi connectivity index (χ0n) is 11.9. The highest BCUT2D eigenvalue weighted by molar-refractivity contribution is 5.76. The van der Waals surface area contributed by atoms with Gasteiger partial charge < -0.3 is 4.98 Å². The van der Waals surface area contributed by atoms with Gasteiger partial charge in [0.1, 0.15) is 0 Å². The number of para-hydroxylation sites is 1. The van der Waals surface area contributed by atoms with Crippen molar-refractivity contribution in [2.45, 2.75) is 39.2 Å². The van der Waals surface area contributed by atoms with Crippen LogP contribution in [-0.2, 0) is 0 Å². The van der Waals surface area contributed by atoms with Gasteiger partial charge in [0.25, 0.3) is 5.56 Å². The molecule has 1 aromatic heterocycles. The SMILES string of the molecule is CC1CCCC(n2c(=O)[nH]c3ccccc3c2=O)C1C. The summed E-state index contributed by atoms with van der Waals surface area (Å²) in [4.78, 5) is 27.8. The molecule has 0 radical (unpaired) electrons. The molecule has 1 aliphatic carbocycles. The maximum Gasteiger partial charge on any atom is 0.329 e. The van der Waals surface area contributed by atoms with E-state index in [1.165, 1.54) is 11.0 Å². The largest absolute Gasteiger partial charge is 0.329 e. The summed E-state index contributed by atoms with van der Waals surface area (Å²) < 4.78 is 1.45. The van der Waals surface area contributed by atoms with E-state index >= 15 is 0 Å². The molecule has 1 fully saturated rings. The summed E-state index contributed by atoms with van der Waals surface area (Å²) in [5.74, 6) is 0.898. The second-order valence-corrected chi connectivity index (χ2v) is 5.99. The molecule has 0 spiro atoms. The monoisotopic (exact) mass is 272 g/mol. The average molecular weight is 272 g/mol. The molecule has 1 heterocycles. The first kappa shape index (κ1) is 13.2. The summed E-state index contributed by atoms with van der Waals surface area (Å²) in [5.41, 5.74) is 0.185. The van der Waals surface area contributed by atoms with E-state index in [1.54, 1.807) is 12.1 Å². The Kier molecular flexibility index (Phi) is 3.24. The van der Waals surface area contributed by atoms with Crippen molar-refractivity contribution in [2.75, 3.05) is 0 Å². The van der Waals surface area contributed by atoms with Gasteiger partial charge in [-0.2, -0.15) is 0 Å². The lowest BCUT2D eigenvalue weighted by Crippen LogP contribution is -2.42. The third-order valence-corrected chi connectivity index (χ3v) is 4.83. The molecule has 0 amide bonds. The Labute approximate surface area is 117 Å². The minimum Gasteiger partial charge on any atom is -0.307 e. The van der Waals surface area contributed by atoms with Crippen LogP contribution in [0.4, 0.5) is 0 Å². The van der Waals surface area contributed by atoms with Crippen LogP contribution in [0.3, 0.4) is 0 Å². The van der Waals surface area contributed by atoms with E-state index in [4.69, 9.17) is 0 Å². The van der Waals surface area contributed by atoms with Gasteiger partial charge >= 0.3 is 5.69 Å². The van der Waals surface area contributed by atoms with Gasteiger partial charge in [0.2, 0.25) is 0 Å². The Morgan fingerprint density at radius 2 is 1.90 bits per heavy atom. The minimum atomic E-state index is -0.278. The number of hydrogen-bond acceptors (Lipinski definition) is 2. The summed E-state index contributed by atoms with van der Waals surface area (Å²) in [6.45, 7) is 4.35. The van der Waals surface area contributed by atoms with E-state index in [-0.39, 0.29) is 17.3 Å². The molecule has 2 aromatic rings. The number of nitrogens with one attached hydrogen (secondary N) is 1. The van der Waals surface area contributed by atoms with Crippen LogP contribution < -0.4 is 11.2 Å². The maximum atomic E-state index is 12.6. The highest BCUT2D eigenvalue weighted by atomic mass is 16.2. The second-order valence-electron chi connectivity index (χ2n) is 5.99. The first-order valence-corrected chi connectivity index (χ1v) is 7.33. The molecular weight excluding hydrogens is 252 g/mol. The van der Waals surface area contributed by atoms with Gasteiger partial charge in [0.15, 0.2) is 0 Å². The lowest BCUT2D eigenvalue weighted by molar-refractivity contribution is 0.179. The number of benzene rings is 1. The van der Waals surface area contributed by atoms with Gasteiger partial charge in [0, 0.05) is 6.04 Å². The van der Waals surface area contributed by atoms with E-state index in [0.29, 0.717) is 22.7 Å². The van der Waals surface area contributed by atoms with Gasteiger partial charge in [-0.15, -0.1) is 0 Å². The fourth-order valence-electron chi connectivity index (χ4n) is 3.40. The van der Waals surface area contributed by atoms with Crippen molar-refractivity contribution in [3.63, 3.8) is 0 Å². The number of H-pyrrole nitrogens is 1. The molecule has 0 aliphatic heterocycles. The predicted octanol–water partition coefficient (Wildman–Crippen LogP) is 2.69. The van der Waals surface area contributed by atoms with Crippen LogP contribution >= 0.6 is 0 Å². The molecule has 106 valence electrons. The summed E-state index contributed by atoms with van der Waals surface area (Å²) in [6.07, 6.45) is 3.17. The molecule has 4 heteroatoms. The fourth-order valence-corrected chi connectivity index (χ4v) is 3.40. The number of nitrogens with zero attached hydrogens (tertiary/aromatic N) is 1. The molecule has 3 unspecified atom stereocenters. The Morgan fingerprint density at radius 3 is 2.70 bits per heavy atom. The normalized spacial score (nSPS) is 26.8. The van der Waals surface area contributed by atoms with E-state index in [0.717, 1.165) is 12.8 Å². The number of rotatable bonds is 1. The van der Waals surface area contributed by atoms with Crippen molar-refractivity contribution < 1.29 is 0 Å². The number of aromatic nitrogens is 2. The van der Waals surface area contributed by atoms with Crippen molar-refractivity contribution in [1.82, 2.24) is 9.55 Å². The highest BCUT2D eigenvalue weighted by Crippen LogP contribution is 2.36. The molecular formula is C16H20N2O2. The summed E-state index contributed by atoms with van der Waals surface area (Å²) in [7, 11) is 0. The molecule has 3 rings (SSSR count). The first-order chi connectivity index (χ1) is 9.59. The van der Waals surface area contributed by atoms with Crippen LogP contribution in [0.25, 0.3) is 10.9 Å². The number of aromatic amines is 1.